The van der Waals surface area contributed by atoms with E-state index in [4.69, 9.17) is 10.00 Å². The number of Topliss-reactive ketones (excluding diaryl/α,β-unsaturated/α-hetero) is 1. The van der Waals surface area contributed by atoms with Gasteiger partial charge in [0.15, 0.2) is 5.60 Å². The Morgan fingerprint density at radius 3 is 1.92 bits per heavy atom. The summed E-state index contributed by atoms with van der Waals surface area (Å²) in [4.78, 5) is 61.1. The number of carboxylic acid groups (broad SMARTS) is 3. The molecular weight excluding hydrogens is 644 g/mol. The molecular formula is C38H48N2O10. The van der Waals surface area contributed by atoms with Crippen molar-refractivity contribution in [2.45, 2.75) is 108 Å². The predicted octanol–water partition coefficient (Wildman–Crippen LogP) is 6.20. The average Bonchev–Trinajstić information content (AvgIpc) is 3.07. The van der Waals surface area contributed by atoms with Gasteiger partial charge in [0.25, 0.3) is 0 Å². The highest BCUT2D eigenvalue weighted by Gasteiger charge is 2.49. The maximum Gasteiger partial charge on any atom is 0.337 e. The lowest BCUT2D eigenvalue weighted by Gasteiger charge is -2.29. The summed E-state index contributed by atoms with van der Waals surface area (Å²) in [5.41, 5.74) is -2.09. The zero-order valence-electron chi connectivity index (χ0n) is 28.5. The molecule has 0 bridgehead atoms. The molecule has 0 radical (unpaired) electrons. The van der Waals surface area contributed by atoms with E-state index in [0.717, 1.165) is 51.0 Å². The first-order chi connectivity index (χ1) is 23.9. The van der Waals surface area contributed by atoms with Crippen LogP contribution < -0.4 is 10.1 Å². The number of nitrogens with one attached hydrogen (secondary N) is 1. The smallest absolute Gasteiger partial charge is 0.337 e. The molecule has 12 heteroatoms. The van der Waals surface area contributed by atoms with Crippen LogP contribution in [0.5, 0.6) is 11.5 Å². The Bertz CT molecular complexity index is 1480. The highest BCUT2D eigenvalue weighted by Crippen LogP contribution is 2.26. The lowest BCUT2D eigenvalue weighted by Crippen LogP contribution is -2.55. The molecule has 50 heavy (non-hydrogen) atoms. The molecule has 270 valence electrons. The molecule has 2 aromatic carbocycles. The summed E-state index contributed by atoms with van der Waals surface area (Å²) >= 11 is 0. The minimum Gasteiger partial charge on any atom is -0.481 e. The van der Waals surface area contributed by atoms with Crippen molar-refractivity contribution in [3.05, 3.63) is 71.8 Å². The van der Waals surface area contributed by atoms with Crippen LogP contribution in [0.2, 0.25) is 0 Å². The SMILES string of the molecule is CCCCCCCC(=O)CCCCCC/C=C/[C@H](C(=O)N[C@@H](Cc1ccc(Oc2ccc(C#N)cc2)cc1)C(=O)O)[C@@](O)(CC(=O)O)C(=O)O. The fourth-order valence-electron chi connectivity index (χ4n) is 5.36. The molecule has 0 aliphatic rings. The molecule has 1 amide bonds. The number of hydrogen-bond donors (Lipinski definition) is 5. The third-order valence-electron chi connectivity index (χ3n) is 8.25. The number of carboxylic acids is 3. The predicted molar refractivity (Wildman–Crippen MR) is 184 cm³/mol. The number of rotatable bonds is 25. The van der Waals surface area contributed by atoms with Crippen molar-refractivity contribution in [3.8, 4) is 17.6 Å². The number of aliphatic hydroxyl groups is 1. The molecule has 5 N–H and O–H groups in total. The molecule has 0 saturated carbocycles. The molecule has 0 aromatic heterocycles. The fourth-order valence-corrected chi connectivity index (χ4v) is 5.36. The molecule has 0 spiro atoms. The Hall–Kier alpha value is -5.02. The summed E-state index contributed by atoms with van der Waals surface area (Å²) < 4.78 is 5.73. The zero-order valence-corrected chi connectivity index (χ0v) is 28.5. The monoisotopic (exact) mass is 692 g/mol. The Kier molecular flexibility index (Phi) is 18.0. The largest absolute Gasteiger partial charge is 0.481 e. The highest BCUT2D eigenvalue weighted by molar-refractivity contribution is 5.94. The summed E-state index contributed by atoms with van der Waals surface area (Å²) in [5.74, 6) is -6.92. The van der Waals surface area contributed by atoms with Crippen LogP contribution in [-0.2, 0) is 30.4 Å². The zero-order chi connectivity index (χ0) is 36.9. The van der Waals surface area contributed by atoms with Gasteiger partial charge in [0.2, 0.25) is 5.91 Å². The summed E-state index contributed by atoms with van der Waals surface area (Å²) in [6, 6.07) is 13.3. The Morgan fingerprint density at radius 1 is 0.840 bits per heavy atom. The maximum atomic E-state index is 13.4. The van der Waals surface area contributed by atoms with Gasteiger partial charge in [0.1, 0.15) is 23.3 Å². The van der Waals surface area contributed by atoms with Crippen LogP contribution >= 0.6 is 0 Å². The standard InChI is InChI=1S/C38H48N2O10/c1-2-3-4-7-10-13-29(41)14-11-8-5-6-9-12-15-32(38(49,37(47)48)25-34(42)43)35(44)40-33(36(45)46)24-27-16-20-30(21-17-27)50-31-22-18-28(26-39)19-23-31/h12,15-23,32-33,49H,2-11,13-14,24-25H2,1H3,(H,40,44)(H,42,43)(H,45,46)(H,47,48)/b15-12+/t32-,33+,38+/m1/s1. The van der Waals surface area contributed by atoms with Crippen LogP contribution in [0.4, 0.5) is 0 Å². The number of carbonyl (C=O) groups is 5. The van der Waals surface area contributed by atoms with E-state index in [1.807, 2.05) is 6.07 Å². The van der Waals surface area contributed by atoms with E-state index in [1.54, 1.807) is 48.5 Å². The molecule has 0 aliphatic carbocycles. The van der Waals surface area contributed by atoms with Gasteiger partial charge in [-0.15, -0.1) is 0 Å². The number of allylic oxidation sites excluding steroid dienone is 1. The second kappa shape index (κ2) is 21.8. The second-order valence-electron chi connectivity index (χ2n) is 12.3. The van der Waals surface area contributed by atoms with Crippen molar-refractivity contribution in [3.63, 3.8) is 0 Å². The molecule has 0 unspecified atom stereocenters. The van der Waals surface area contributed by atoms with Crippen molar-refractivity contribution < 1.29 is 49.1 Å². The first-order valence-corrected chi connectivity index (χ1v) is 17.1. The van der Waals surface area contributed by atoms with Crippen molar-refractivity contribution >= 4 is 29.6 Å². The number of nitrogens with zero attached hydrogens (tertiary/aromatic N) is 1. The maximum absolute atomic E-state index is 13.4. The van der Waals surface area contributed by atoms with Gasteiger partial charge >= 0.3 is 17.9 Å². The molecule has 0 fully saturated rings. The number of nitriles is 1. The number of benzene rings is 2. The van der Waals surface area contributed by atoms with E-state index in [9.17, 15) is 44.4 Å². The van der Waals surface area contributed by atoms with Gasteiger partial charge < -0.3 is 30.5 Å². The number of ether oxygens (including phenoxy) is 1. The lowest BCUT2D eigenvalue weighted by molar-refractivity contribution is -0.172. The number of amides is 1. The lowest BCUT2D eigenvalue weighted by atomic mass is 9.82. The first kappa shape index (κ1) is 41.2. The first-order valence-electron chi connectivity index (χ1n) is 17.1. The quantitative estimate of drug-likeness (QED) is 0.0584. The third kappa shape index (κ3) is 14.6. The number of hydrogen-bond acceptors (Lipinski definition) is 8. The summed E-state index contributed by atoms with van der Waals surface area (Å²) in [7, 11) is 0. The molecule has 2 rings (SSSR count). The number of unbranched alkanes of at least 4 members (excludes halogenated alkanes) is 8. The minimum absolute atomic E-state index is 0.208. The van der Waals surface area contributed by atoms with Gasteiger partial charge in [-0.05, 0) is 67.6 Å². The van der Waals surface area contributed by atoms with E-state index in [2.05, 4.69) is 12.2 Å². The molecule has 2 aromatic rings. The normalized spacial score (nSPS) is 13.5. The van der Waals surface area contributed by atoms with Gasteiger partial charge in [0.05, 0.1) is 24.0 Å². The summed E-state index contributed by atoms with van der Waals surface area (Å²) in [5, 5.41) is 51.1. The van der Waals surface area contributed by atoms with Crippen molar-refractivity contribution in [1.29, 1.82) is 5.26 Å². The third-order valence-corrected chi connectivity index (χ3v) is 8.25. The molecule has 0 heterocycles. The molecule has 12 nitrogen and oxygen atoms in total. The average molecular weight is 693 g/mol. The van der Waals surface area contributed by atoms with E-state index >= 15 is 0 Å². The van der Waals surface area contributed by atoms with Crippen molar-refractivity contribution in [1.82, 2.24) is 5.32 Å². The number of carbonyl (C=O) groups excluding carboxylic acids is 2. The van der Waals surface area contributed by atoms with E-state index in [1.165, 1.54) is 12.5 Å². The number of aliphatic carboxylic acids is 3. The van der Waals surface area contributed by atoms with Gasteiger partial charge in [-0.1, -0.05) is 69.7 Å². The van der Waals surface area contributed by atoms with E-state index in [0.29, 0.717) is 48.3 Å². The summed E-state index contributed by atoms with van der Waals surface area (Å²) in [6.45, 7) is 2.14. The molecule has 0 saturated heterocycles. The van der Waals surface area contributed by atoms with Gasteiger partial charge in [-0.25, -0.2) is 9.59 Å². The highest BCUT2D eigenvalue weighted by atomic mass is 16.5. The van der Waals surface area contributed by atoms with Crippen molar-refractivity contribution in [2.75, 3.05) is 0 Å². The van der Waals surface area contributed by atoms with Crippen LogP contribution in [0, 0.1) is 17.2 Å². The summed E-state index contributed by atoms with van der Waals surface area (Å²) in [6.07, 6.45) is 11.0. The van der Waals surface area contributed by atoms with E-state index in [-0.39, 0.29) is 12.2 Å². The Balaban J connectivity index is 2.01. The van der Waals surface area contributed by atoms with Crippen LogP contribution in [0.1, 0.15) is 102 Å². The van der Waals surface area contributed by atoms with Crippen LogP contribution in [0.15, 0.2) is 60.7 Å². The Morgan fingerprint density at radius 2 is 1.40 bits per heavy atom. The van der Waals surface area contributed by atoms with Crippen LogP contribution in [0.25, 0.3) is 0 Å². The van der Waals surface area contributed by atoms with Gasteiger partial charge in [0, 0.05) is 19.3 Å². The minimum atomic E-state index is -3.04. The van der Waals surface area contributed by atoms with Crippen molar-refractivity contribution in [2.24, 2.45) is 5.92 Å². The van der Waals surface area contributed by atoms with Crippen LogP contribution in [0.3, 0.4) is 0 Å². The topological polar surface area (TPSA) is 211 Å². The molecule has 3 atom stereocenters. The Labute approximate surface area is 292 Å². The number of ketones is 1. The van der Waals surface area contributed by atoms with Crippen LogP contribution in [-0.4, -0.2) is 61.7 Å². The van der Waals surface area contributed by atoms with Gasteiger partial charge in [-0.2, -0.15) is 5.26 Å². The fraction of sp³-hybridized carbons (Fsp3) is 0.474. The van der Waals surface area contributed by atoms with E-state index < -0.39 is 47.8 Å². The second-order valence-corrected chi connectivity index (χ2v) is 12.3. The molecule has 0 aliphatic heterocycles. The van der Waals surface area contributed by atoms with Gasteiger partial charge in [-0.3, -0.25) is 14.4 Å².